The predicted octanol–water partition coefficient (Wildman–Crippen LogP) is -5.38. The summed E-state index contributed by atoms with van der Waals surface area (Å²) in [7, 11) is 1.59. The highest BCUT2D eigenvalue weighted by atomic mass is 16.7. The SMILES string of the molecule is CN[C@@H]1[C@@H](O)[C@@H](O[C@@H]2[C@@H](O)[C@H](O[C@H]3OC(CNCCCN)=CC[C@H]3N)[C@@H](N)C[C@H]2NC(=O)C2(O)CNC2)OC[C@]1(C)O. The van der Waals surface area contributed by atoms with E-state index in [2.05, 4.69) is 21.3 Å². The number of hydrogen-bond acceptors (Lipinski definition) is 15. The zero-order valence-corrected chi connectivity index (χ0v) is 24.3. The van der Waals surface area contributed by atoms with Crippen molar-refractivity contribution >= 4 is 5.91 Å². The average molecular weight is 604 g/mol. The highest BCUT2D eigenvalue weighted by Gasteiger charge is 2.53. The normalized spacial score (nSPS) is 41.8. The first-order valence-electron chi connectivity index (χ1n) is 14.6. The number of aliphatic hydroxyl groups is 4. The Morgan fingerprint density at radius 3 is 2.50 bits per heavy atom. The van der Waals surface area contributed by atoms with E-state index in [1.807, 2.05) is 6.08 Å². The minimum atomic E-state index is -1.60. The quantitative estimate of drug-likeness (QED) is 0.0930. The van der Waals surface area contributed by atoms with E-state index in [1.54, 1.807) is 7.05 Å². The number of hydrogen-bond donors (Lipinski definition) is 11. The molecular formula is C26H49N7O9. The van der Waals surface area contributed by atoms with Crippen molar-refractivity contribution in [2.45, 2.75) is 98.6 Å². The van der Waals surface area contributed by atoms with Crippen molar-refractivity contribution in [3.8, 4) is 0 Å². The van der Waals surface area contributed by atoms with E-state index in [0.717, 1.165) is 13.0 Å². The number of aliphatic hydroxyl groups excluding tert-OH is 2. The van der Waals surface area contributed by atoms with Crippen LogP contribution in [-0.2, 0) is 23.7 Å². The molecule has 0 unspecified atom stereocenters. The summed E-state index contributed by atoms with van der Waals surface area (Å²) >= 11 is 0. The smallest absolute Gasteiger partial charge is 0.254 e. The summed E-state index contributed by atoms with van der Waals surface area (Å²) in [6.45, 7) is 3.26. The zero-order valence-electron chi connectivity index (χ0n) is 24.3. The topological polar surface area (TPSA) is 261 Å². The van der Waals surface area contributed by atoms with Crippen LogP contribution in [0.3, 0.4) is 0 Å². The first-order valence-corrected chi connectivity index (χ1v) is 14.6. The van der Waals surface area contributed by atoms with E-state index in [-0.39, 0.29) is 26.1 Å². The van der Waals surface area contributed by atoms with Gasteiger partial charge in [0, 0.05) is 19.1 Å². The molecule has 1 aliphatic carbocycles. The number of amides is 1. The van der Waals surface area contributed by atoms with Crippen LogP contribution in [0.1, 0.15) is 26.2 Å². The van der Waals surface area contributed by atoms with Gasteiger partial charge in [0.2, 0.25) is 6.29 Å². The maximum Gasteiger partial charge on any atom is 0.254 e. The fraction of sp³-hybridized carbons (Fsp3) is 0.885. The Hall–Kier alpha value is -1.51. The molecule has 0 aromatic heterocycles. The van der Waals surface area contributed by atoms with Crippen molar-refractivity contribution in [2.24, 2.45) is 17.2 Å². The summed E-state index contributed by atoms with van der Waals surface area (Å²) < 4.78 is 24.0. The average Bonchev–Trinajstić information content (AvgIpc) is 2.92. The van der Waals surface area contributed by atoms with E-state index >= 15 is 0 Å². The van der Waals surface area contributed by atoms with E-state index < -0.39 is 78.3 Å². The Labute approximate surface area is 245 Å². The Bertz CT molecular complexity index is 940. The Morgan fingerprint density at radius 1 is 1.14 bits per heavy atom. The maximum absolute atomic E-state index is 12.9. The van der Waals surface area contributed by atoms with Crippen molar-refractivity contribution in [3.05, 3.63) is 11.8 Å². The van der Waals surface area contributed by atoms with Gasteiger partial charge in [-0.2, -0.15) is 0 Å². The van der Waals surface area contributed by atoms with Crippen LogP contribution in [0.2, 0.25) is 0 Å². The minimum absolute atomic E-state index is 0.0780. The van der Waals surface area contributed by atoms with Gasteiger partial charge in [-0.25, -0.2) is 0 Å². The molecule has 16 nitrogen and oxygen atoms in total. The van der Waals surface area contributed by atoms with Crippen LogP contribution in [0.15, 0.2) is 11.8 Å². The number of ether oxygens (including phenoxy) is 4. The van der Waals surface area contributed by atoms with Crippen LogP contribution < -0.4 is 38.5 Å². The molecule has 4 aliphatic rings. The fourth-order valence-electron chi connectivity index (χ4n) is 5.78. The van der Waals surface area contributed by atoms with Crippen molar-refractivity contribution in [3.63, 3.8) is 0 Å². The van der Waals surface area contributed by atoms with E-state index in [1.165, 1.54) is 6.92 Å². The molecule has 11 atom stereocenters. The number of rotatable bonds is 12. The van der Waals surface area contributed by atoms with E-state index in [0.29, 0.717) is 25.3 Å². The summed E-state index contributed by atoms with van der Waals surface area (Å²) in [5, 5.41) is 55.5. The number of carbonyl (C=O) groups excluding carboxylic acids is 1. The minimum Gasteiger partial charge on any atom is -0.467 e. The molecule has 14 N–H and O–H groups in total. The molecule has 2 saturated heterocycles. The third-order valence-electron chi connectivity index (χ3n) is 8.41. The van der Waals surface area contributed by atoms with Crippen LogP contribution in [0.4, 0.5) is 0 Å². The van der Waals surface area contributed by atoms with Gasteiger partial charge in [0.1, 0.15) is 35.8 Å². The molecule has 4 rings (SSSR count). The number of likely N-dealkylation sites (N-methyl/N-ethyl adjacent to an activating group) is 1. The van der Waals surface area contributed by atoms with Crippen molar-refractivity contribution < 1.29 is 44.2 Å². The molecule has 1 amide bonds. The second-order valence-corrected chi connectivity index (χ2v) is 12.0. The summed E-state index contributed by atoms with van der Waals surface area (Å²) in [6, 6.07) is -2.99. The first kappa shape index (κ1) is 33.4. The molecule has 0 aromatic carbocycles. The molecule has 16 heteroatoms. The second kappa shape index (κ2) is 14.1. The summed E-state index contributed by atoms with van der Waals surface area (Å²) in [6.07, 6.45) is -3.87. The molecule has 42 heavy (non-hydrogen) atoms. The lowest BCUT2D eigenvalue weighted by atomic mass is 9.82. The van der Waals surface area contributed by atoms with Crippen LogP contribution in [0, 0.1) is 0 Å². The molecule has 3 aliphatic heterocycles. The largest absolute Gasteiger partial charge is 0.467 e. The van der Waals surface area contributed by atoms with E-state index in [4.69, 9.17) is 36.1 Å². The Morgan fingerprint density at radius 2 is 1.86 bits per heavy atom. The molecule has 0 radical (unpaired) electrons. The van der Waals surface area contributed by atoms with Gasteiger partial charge >= 0.3 is 0 Å². The molecule has 3 heterocycles. The van der Waals surface area contributed by atoms with Crippen LogP contribution >= 0.6 is 0 Å². The molecule has 0 spiro atoms. The van der Waals surface area contributed by atoms with Crippen molar-refractivity contribution in [2.75, 3.05) is 46.4 Å². The van der Waals surface area contributed by atoms with Gasteiger partial charge < -0.3 is 77.8 Å². The first-order chi connectivity index (χ1) is 19.9. The van der Waals surface area contributed by atoms with Gasteiger partial charge in [-0.05, 0) is 52.4 Å². The predicted molar refractivity (Wildman–Crippen MR) is 149 cm³/mol. The van der Waals surface area contributed by atoms with Crippen molar-refractivity contribution in [1.29, 1.82) is 0 Å². The number of β-amino-alcohol motifs (C(OH)–C–C–N with tert-alkyl or cyclic N) is 1. The van der Waals surface area contributed by atoms with Crippen LogP contribution in [0.5, 0.6) is 0 Å². The summed E-state index contributed by atoms with van der Waals surface area (Å²) in [4.78, 5) is 12.9. The van der Waals surface area contributed by atoms with E-state index in [9.17, 15) is 25.2 Å². The fourth-order valence-corrected chi connectivity index (χ4v) is 5.78. The highest BCUT2D eigenvalue weighted by Crippen LogP contribution is 2.32. The third kappa shape index (κ3) is 7.40. The molecule has 0 bridgehead atoms. The number of nitrogens with one attached hydrogen (secondary N) is 4. The zero-order chi connectivity index (χ0) is 30.7. The lowest BCUT2D eigenvalue weighted by Gasteiger charge is -2.49. The number of carbonyl (C=O) groups is 1. The lowest BCUT2D eigenvalue weighted by molar-refractivity contribution is -0.304. The second-order valence-electron chi connectivity index (χ2n) is 12.0. The summed E-state index contributed by atoms with van der Waals surface area (Å²) in [5.74, 6) is -0.00362. The molecule has 242 valence electrons. The molecule has 0 aromatic rings. The standard InChI is InChI=1S/C26H49N7O9/c1-25(37)12-39-23(18(35)21(25)30-2)42-20-16(33-24(36)26(38)10-32-11-26)8-15(29)19(17(20)34)41-22-14(28)5-4-13(40-22)9-31-7-3-6-27/h4,14-23,30-32,34-35,37-38H,3,5-12,27-29H2,1-2H3,(H,33,36)/t14-,15+,16-,17+,18-,19-,20+,21-,22-,23-,25+/m1/s1. The van der Waals surface area contributed by atoms with Crippen LogP contribution in [-0.4, -0.2) is 145 Å². The summed E-state index contributed by atoms with van der Waals surface area (Å²) in [5.41, 5.74) is 15.3. The van der Waals surface area contributed by atoms with Gasteiger partial charge in [-0.3, -0.25) is 4.79 Å². The Kier molecular flexibility index (Phi) is 11.2. The van der Waals surface area contributed by atoms with Gasteiger partial charge in [-0.15, -0.1) is 0 Å². The maximum atomic E-state index is 12.9. The lowest BCUT2D eigenvalue weighted by Crippen LogP contribution is -2.72. The van der Waals surface area contributed by atoms with Gasteiger partial charge in [0.25, 0.3) is 5.91 Å². The monoisotopic (exact) mass is 603 g/mol. The third-order valence-corrected chi connectivity index (χ3v) is 8.41. The molecular weight excluding hydrogens is 554 g/mol. The molecule has 1 saturated carbocycles. The van der Waals surface area contributed by atoms with Crippen molar-refractivity contribution in [1.82, 2.24) is 21.3 Å². The van der Waals surface area contributed by atoms with Gasteiger partial charge in [-0.1, -0.05) is 0 Å². The highest BCUT2D eigenvalue weighted by molar-refractivity contribution is 5.87. The van der Waals surface area contributed by atoms with Gasteiger partial charge in [0.05, 0.1) is 31.3 Å². The Balaban J connectivity index is 1.49. The number of nitrogens with two attached hydrogens (primary N) is 3. The molecule has 3 fully saturated rings. The van der Waals surface area contributed by atoms with Gasteiger partial charge in [0.15, 0.2) is 11.9 Å². The van der Waals surface area contributed by atoms with Crippen LogP contribution in [0.25, 0.3) is 0 Å².